The monoisotopic (exact) mass is 357 g/mol. The van der Waals surface area contributed by atoms with Crippen molar-refractivity contribution in [1.82, 2.24) is 9.97 Å². The largest absolute Gasteiger partial charge is 0.481 e. The number of carbonyl (C=O) groups excluding carboxylic acids is 1. The zero-order valence-corrected chi connectivity index (χ0v) is 14.5. The first-order valence-electron chi connectivity index (χ1n) is 6.91. The van der Waals surface area contributed by atoms with Crippen molar-refractivity contribution in [2.75, 3.05) is 25.1 Å². The molecule has 0 saturated heterocycles. The molecule has 0 amide bonds. The van der Waals surface area contributed by atoms with Gasteiger partial charge in [-0.1, -0.05) is 0 Å². The van der Waals surface area contributed by atoms with Gasteiger partial charge in [0.1, 0.15) is 15.5 Å². The van der Waals surface area contributed by atoms with Crippen molar-refractivity contribution >= 4 is 50.9 Å². The van der Waals surface area contributed by atoms with Gasteiger partial charge in [-0.15, -0.1) is 11.3 Å². The summed E-state index contributed by atoms with van der Waals surface area (Å²) in [5, 5.41) is 9.56. The number of esters is 1. The second-order valence-electron chi connectivity index (χ2n) is 4.84. The molecule has 2 heterocycles. The normalized spacial score (nSPS) is 10.8. The molecule has 2 rings (SSSR count). The Morgan fingerprint density at radius 1 is 1.39 bits per heavy atom. The zero-order chi connectivity index (χ0) is 17.1. The van der Waals surface area contributed by atoms with Gasteiger partial charge in [-0.25, -0.2) is 9.78 Å². The first-order chi connectivity index (χ1) is 10.8. The van der Waals surface area contributed by atoms with Crippen LogP contribution in [0.15, 0.2) is 0 Å². The molecule has 0 radical (unpaired) electrons. The predicted molar refractivity (Wildman–Crippen MR) is 88.6 cm³/mol. The maximum atomic E-state index is 12.0. The minimum Gasteiger partial charge on any atom is -0.481 e. The summed E-state index contributed by atoms with van der Waals surface area (Å²) in [5.41, 5.74) is 0.706. The number of hydrogen-bond acceptors (Lipinski definition) is 7. The van der Waals surface area contributed by atoms with Crippen molar-refractivity contribution in [3.63, 3.8) is 0 Å². The van der Waals surface area contributed by atoms with E-state index in [0.29, 0.717) is 26.5 Å². The molecule has 124 valence electrons. The van der Waals surface area contributed by atoms with Crippen LogP contribution < -0.4 is 4.90 Å². The van der Waals surface area contributed by atoms with E-state index in [0.717, 1.165) is 0 Å². The quantitative estimate of drug-likeness (QED) is 0.627. The third-order valence-electron chi connectivity index (χ3n) is 3.23. The number of ether oxygens (including phenoxy) is 1. The molecule has 0 unspecified atom stereocenters. The highest BCUT2D eigenvalue weighted by Gasteiger charge is 2.22. The second-order valence-corrected chi connectivity index (χ2v) is 6.18. The first kappa shape index (κ1) is 17.4. The average Bonchev–Trinajstić information content (AvgIpc) is 2.81. The van der Waals surface area contributed by atoms with Crippen molar-refractivity contribution < 1.29 is 19.4 Å². The standard InChI is InChI=1S/C14H16ClN3O4S/c1-4-22-13(21)10-7(2)9-11(18(3)6-5-8(19)20)16-14(15)17-12(9)23-10/h4-6H2,1-3H3,(H,19,20). The van der Waals surface area contributed by atoms with Crippen molar-refractivity contribution in [2.24, 2.45) is 0 Å². The number of aromatic nitrogens is 2. The van der Waals surface area contributed by atoms with Crippen LogP contribution in [-0.4, -0.2) is 47.2 Å². The number of halogens is 1. The van der Waals surface area contributed by atoms with Gasteiger partial charge >= 0.3 is 11.9 Å². The van der Waals surface area contributed by atoms with Crippen LogP contribution in [0.25, 0.3) is 10.2 Å². The molecule has 0 aliphatic rings. The Morgan fingerprint density at radius 2 is 2.09 bits per heavy atom. The number of carboxylic acid groups (broad SMARTS) is 1. The number of thiophene rings is 1. The van der Waals surface area contributed by atoms with Crippen LogP contribution in [0.3, 0.4) is 0 Å². The van der Waals surface area contributed by atoms with Gasteiger partial charge in [0.15, 0.2) is 0 Å². The Labute approximate surface area is 141 Å². The number of nitrogens with zero attached hydrogens (tertiary/aromatic N) is 3. The highest BCUT2D eigenvalue weighted by molar-refractivity contribution is 7.20. The number of carboxylic acids is 1. The van der Waals surface area contributed by atoms with Crippen molar-refractivity contribution in [1.29, 1.82) is 0 Å². The van der Waals surface area contributed by atoms with Gasteiger partial charge in [0.05, 0.1) is 18.4 Å². The fraction of sp³-hybridized carbons (Fsp3) is 0.429. The highest BCUT2D eigenvalue weighted by Crippen LogP contribution is 2.36. The lowest BCUT2D eigenvalue weighted by Gasteiger charge is -2.18. The molecule has 0 aliphatic heterocycles. The van der Waals surface area contributed by atoms with E-state index < -0.39 is 11.9 Å². The molecule has 2 aromatic heterocycles. The predicted octanol–water partition coefficient (Wildman–Crippen LogP) is 2.74. The number of rotatable bonds is 6. The van der Waals surface area contributed by atoms with E-state index in [-0.39, 0.29) is 24.9 Å². The fourth-order valence-corrected chi connectivity index (χ4v) is 3.41. The van der Waals surface area contributed by atoms with Crippen LogP contribution in [0.5, 0.6) is 0 Å². The fourth-order valence-electron chi connectivity index (χ4n) is 2.13. The molecule has 0 atom stereocenters. The van der Waals surface area contributed by atoms with E-state index >= 15 is 0 Å². The number of aliphatic carboxylic acids is 1. The van der Waals surface area contributed by atoms with Gasteiger partial charge in [-0.2, -0.15) is 4.98 Å². The van der Waals surface area contributed by atoms with E-state index in [1.807, 2.05) is 0 Å². The van der Waals surface area contributed by atoms with Gasteiger partial charge in [0.25, 0.3) is 0 Å². The molecule has 1 N–H and O–H groups in total. The molecular formula is C14H16ClN3O4S. The van der Waals surface area contributed by atoms with Crippen LogP contribution in [0.1, 0.15) is 28.6 Å². The molecular weight excluding hydrogens is 342 g/mol. The Bertz CT molecular complexity index is 762. The minimum atomic E-state index is -0.900. The maximum absolute atomic E-state index is 12.0. The van der Waals surface area contributed by atoms with E-state index in [4.69, 9.17) is 21.4 Å². The molecule has 7 nitrogen and oxygen atoms in total. The van der Waals surface area contributed by atoms with Gasteiger partial charge in [-0.05, 0) is 31.0 Å². The lowest BCUT2D eigenvalue weighted by atomic mass is 10.2. The number of fused-ring (bicyclic) bond motifs is 1. The highest BCUT2D eigenvalue weighted by atomic mass is 35.5. The maximum Gasteiger partial charge on any atom is 0.348 e. The van der Waals surface area contributed by atoms with Gasteiger partial charge in [0.2, 0.25) is 5.28 Å². The molecule has 0 aromatic carbocycles. The topological polar surface area (TPSA) is 92.6 Å². The van der Waals surface area contributed by atoms with Gasteiger partial charge in [0, 0.05) is 13.6 Å². The number of aryl methyl sites for hydroxylation is 1. The smallest absolute Gasteiger partial charge is 0.348 e. The summed E-state index contributed by atoms with van der Waals surface area (Å²) >= 11 is 7.15. The molecule has 0 aliphatic carbocycles. The van der Waals surface area contributed by atoms with E-state index in [9.17, 15) is 9.59 Å². The SMILES string of the molecule is CCOC(=O)c1sc2nc(Cl)nc(N(C)CCC(=O)O)c2c1C. The van der Waals surface area contributed by atoms with Crippen LogP contribution in [-0.2, 0) is 9.53 Å². The van der Waals surface area contributed by atoms with Gasteiger partial charge < -0.3 is 14.7 Å². The number of anilines is 1. The Hall–Kier alpha value is -1.93. The molecule has 0 bridgehead atoms. The molecule has 2 aromatic rings. The van der Waals surface area contributed by atoms with Crippen molar-refractivity contribution in [3.8, 4) is 0 Å². The van der Waals surface area contributed by atoms with Crippen LogP contribution in [0, 0.1) is 6.92 Å². The molecule has 0 spiro atoms. The zero-order valence-electron chi connectivity index (χ0n) is 12.9. The molecule has 9 heteroatoms. The van der Waals surface area contributed by atoms with E-state index in [1.54, 1.807) is 25.8 Å². The van der Waals surface area contributed by atoms with Crippen molar-refractivity contribution in [3.05, 3.63) is 15.7 Å². The van der Waals surface area contributed by atoms with E-state index in [1.165, 1.54) is 11.3 Å². The van der Waals surface area contributed by atoms with Crippen LogP contribution >= 0.6 is 22.9 Å². The lowest BCUT2D eigenvalue weighted by molar-refractivity contribution is -0.136. The summed E-state index contributed by atoms with van der Waals surface area (Å²) in [7, 11) is 1.72. The second kappa shape index (κ2) is 7.10. The number of hydrogen-bond donors (Lipinski definition) is 1. The summed E-state index contributed by atoms with van der Waals surface area (Å²) in [4.78, 5) is 33.9. The molecule has 0 fully saturated rings. The first-order valence-corrected chi connectivity index (χ1v) is 8.11. The van der Waals surface area contributed by atoms with Crippen LogP contribution in [0.4, 0.5) is 5.82 Å². The minimum absolute atomic E-state index is 0.0342. The third kappa shape index (κ3) is 3.70. The molecule has 0 saturated carbocycles. The third-order valence-corrected chi connectivity index (χ3v) is 4.56. The van der Waals surface area contributed by atoms with Crippen molar-refractivity contribution in [2.45, 2.75) is 20.3 Å². The summed E-state index contributed by atoms with van der Waals surface area (Å²) < 4.78 is 5.05. The summed E-state index contributed by atoms with van der Waals surface area (Å²) in [6.07, 6.45) is -0.0342. The Morgan fingerprint density at radius 3 is 2.70 bits per heavy atom. The Balaban J connectivity index is 2.52. The summed E-state index contributed by atoms with van der Waals surface area (Å²) in [6, 6.07) is 0. The van der Waals surface area contributed by atoms with Gasteiger partial charge in [-0.3, -0.25) is 4.79 Å². The summed E-state index contributed by atoms with van der Waals surface area (Å²) in [6.45, 7) is 4.07. The average molecular weight is 358 g/mol. The Kier molecular flexibility index (Phi) is 5.38. The molecule has 23 heavy (non-hydrogen) atoms. The van der Waals surface area contributed by atoms with E-state index in [2.05, 4.69) is 9.97 Å². The lowest BCUT2D eigenvalue weighted by Crippen LogP contribution is -2.22. The van der Waals surface area contributed by atoms with Crippen LogP contribution in [0.2, 0.25) is 5.28 Å². The summed E-state index contributed by atoms with van der Waals surface area (Å²) in [5.74, 6) is -0.809. The number of carbonyl (C=O) groups is 2.